The van der Waals surface area contributed by atoms with E-state index in [4.69, 9.17) is 20.4 Å². The number of thiophene rings is 1. The van der Waals surface area contributed by atoms with Crippen molar-refractivity contribution in [2.24, 2.45) is 10.7 Å². The predicted molar refractivity (Wildman–Crippen MR) is 138 cm³/mol. The van der Waals surface area contributed by atoms with Crippen LogP contribution in [0, 0.1) is 0 Å². The van der Waals surface area contributed by atoms with Crippen LogP contribution in [0.1, 0.15) is 17.3 Å². The molecule has 3 aromatic rings. The number of aliphatic imine (C=N–C) groups is 1. The smallest absolute Gasteiger partial charge is 0.251 e. The molecule has 1 aromatic carbocycles. The van der Waals surface area contributed by atoms with E-state index in [1.54, 1.807) is 30.4 Å². The maximum atomic E-state index is 12.5. The van der Waals surface area contributed by atoms with Crippen LogP contribution >= 0.6 is 11.3 Å². The highest BCUT2D eigenvalue weighted by Crippen LogP contribution is 2.39. The molecule has 11 heteroatoms. The summed E-state index contributed by atoms with van der Waals surface area (Å²) in [6.45, 7) is 4.98. The Bertz CT molecular complexity index is 1300. The molecule has 1 amide bonds. The summed E-state index contributed by atoms with van der Waals surface area (Å²) in [5.74, 6) is 1.68. The van der Waals surface area contributed by atoms with Gasteiger partial charge < -0.3 is 25.8 Å². The number of aliphatic hydroxyl groups excluding tert-OH is 1. The van der Waals surface area contributed by atoms with E-state index >= 15 is 0 Å². The third-order valence-corrected chi connectivity index (χ3v) is 6.88. The molecule has 0 bridgehead atoms. The summed E-state index contributed by atoms with van der Waals surface area (Å²) in [6.07, 6.45) is 2.97. The number of amides is 1. The number of anilines is 2. The SMILES string of the molecule is C[C@H](O)CNC(=O)c1cccc(-c2cc3nc(N4C=CC(N)=NC4)nc(N4CCOCC4)c3s2)c1. The van der Waals surface area contributed by atoms with Crippen molar-refractivity contribution >= 4 is 45.1 Å². The fourth-order valence-electron chi connectivity index (χ4n) is 3.87. The molecule has 0 unspecified atom stereocenters. The highest BCUT2D eigenvalue weighted by molar-refractivity contribution is 7.22. The van der Waals surface area contributed by atoms with Crippen molar-refractivity contribution in [2.45, 2.75) is 13.0 Å². The minimum absolute atomic E-state index is 0.202. The Morgan fingerprint density at radius 3 is 2.86 bits per heavy atom. The average molecular weight is 494 g/mol. The van der Waals surface area contributed by atoms with Gasteiger partial charge in [0.25, 0.3) is 5.91 Å². The highest BCUT2D eigenvalue weighted by Gasteiger charge is 2.22. The van der Waals surface area contributed by atoms with Gasteiger partial charge in [-0.05, 0) is 36.8 Å². The summed E-state index contributed by atoms with van der Waals surface area (Å²) in [4.78, 5) is 31.6. The number of nitrogens with zero attached hydrogens (tertiary/aromatic N) is 5. The van der Waals surface area contributed by atoms with Crippen LogP contribution < -0.4 is 20.9 Å². The van der Waals surface area contributed by atoms with Crippen LogP contribution in [0.4, 0.5) is 11.8 Å². The van der Waals surface area contributed by atoms with E-state index < -0.39 is 6.10 Å². The number of aromatic nitrogens is 2. The number of benzene rings is 1. The molecule has 4 heterocycles. The van der Waals surface area contributed by atoms with Crippen LogP contribution in [0.15, 0.2) is 47.6 Å². The molecule has 35 heavy (non-hydrogen) atoms. The van der Waals surface area contributed by atoms with Gasteiger partial charge in [0.1, 0.15) is 12.5 Å². The summed E-state index contributed by atoms with van der Waals surface area (Å²) < 4.78 is 6.53. The average Bonchev–Trinajstić information content (AvgIpc) is 3.32. The molecule has 0 radical (unpaired) electrons. The summed E-state index contributed by atoms with van der Waals surface area (Å²) in [6, 6.07) is 9.49. The van der Waals surface area contributed by atoms with Gasteiger partial charge in [-0.15, -0.1) is 11.3 Å². The zero-order valence-electron chi connectivity index (χ0n) is 19.3. The van der Waals surface area contributed by atoms with Gasteiger partial charge in [-0.25, -0.2) is 9.98 Å². The molecular formula is C24H27N7O3S. The second-order valence-corrected chi connectivity index (χ2v) is 9.47. The Labute approximate surface area is 206 Å². The molecule has 0 saturated carbocycles. The van der Waals surface area contributed by atoms with Crippen molar-refractivity contribution in [2.75, 3.05) is 49.3 Å². The molecule has 10 nitrogen and oxygen atoms in total. The lowest BCUT2D eigenvalue weighted by atomic mass is 10.1. The first-order valence-corrected chi connectivity index (χ1v) is 12.3. The van der Waals surface area contributed by atoms with Gasteiger partial charge in [-0.1, -0.05) is 12.1 Å². The van der Waals surface area contributed by atoms with Crippen molar-refractivity contribution in [3.05, 3.63) is 48.2 Å². The lowest BCUT2D eigenvalue weighted by Crippen LogP contribution is -2.37. The number of carbonyl (C=O) groups excluding carboxylic acids is 1. The Kier molecular flexibility index (Phi) is 6.62. The first-order chi connectivity index (χ1) is 17.0. The fraction of sp³-hybridized carbons (Fsp3) is 0.333. The number of amidine groups is 1. The van der Waals surface area contributed by atoms with E-state index in [1.165, 1.54) is 0 Å². The maximum absolute atomic E-state index is 12.5. The third kappa shape index (κ3) is 5.11. The summed E-state index contributed by atoms with van der Waals surface area (Å²) in [5, 5.41) is 12.2. The second kappa shape index (κ2) is 9.98. The van der Waals surface area contributed by atoms with Gasteiger partial charge in [-0.2, -0.15) is 4.98 Å². The first kappa shape index (κ1) is 23.2. The number of hydrogen-bond donors (Lipinski definition) is 3. The number of carbonyl (C=O) groups is 1. The zero-order valence-corrected chi connectivity index (χ0v) is 20.2. The quantitative estimate of drug-likeness (QED) is 0.475. The molecule has 1 fully saturated rings. The Hall–Kier alpha value is -3.54. The summed E-state index contributed by atoms with van der Waals surface area (Å²) in [5.41, 5.74) is 8.07. The maximum Gasteiger partial charge on any atom is 0.251 e. The van der Waals surface area contributed by atoms with Crippen LogP contribution in [0.5, 0.6) is 0 Å². The number of ether oxygens (including phenoxy) is 1. The summed E-state index contributed by atoms with van der Waals surface area (Å²) >= 11 is 1.60. The molecule has 0 spiro atoms. The molecule has 1 saturated heterocycles. The normalized spacial score (nSPS) is 16.9. The van der Waals surface area contributed by atoms with Gasteiger partial charge in [0.05, 0.1) is 29.5 Å². The molecule has 2 aromatic heterocycles. The van der Waals surface area contributed by atoms with Gasteiger partial charge >= 0.3 is 0 Å². The number of nitrogens with one attached hydrogen (secondary N) is 1. The van der Waals surface area contributed by atoms with E-state index in [9.17, 15) is 9.90 Å². The van der Waals surface area contributed by atoms with E-state index in [-0.39, 0.29) is 12.5 Å². The molecule has 5 rings (SSSR count). The van der Waals surface area contributed by atoms with Crippen LogP contribution in [0.2, 0.25) is 0 Å². The minimum atomic E-state index is -0.604. The molecule has 2 aliphatic heterocycles. The predicted octanol–water partition coefficient (Wildman–Crippen LogP) is 1.95. The van der Waals surface area contributed by atoms with Crippen LogP contribution in [-0.4, -0.2) is 72.4 Å². The number of nitrogens with two attached hydrogens (primary N) is 1. The van der Waals surface area contributed by atoms with Crippen molar-refractivity contribution in [3.63, 3.8) is 0 Å². The number of morpholine rings is 1. The van der Waals surface area contributed by atoms with Crippen molar-refractivity contribution < 1.29 is 14.6 Å². The molecule has 0 aliphatic carbocycles. The lowest BCUT2D eigenvalue weighted by Gasteiger charge is -2.29. The Morgan fingerprint density at radius 1 is 1.29 bits per heavy atom. The van der Waals surface area contributed by atoms with Gasteiger partial charge in [0.2, 0.25) is 5.95 Å². The van der Waals surface area contributed by atoms with E-state index in [0.29, 0.717) is 37.2 Å². The van der Waals surface area contributed by atoms with Crippen LogP contribution in [0.25, 0.3) is 20.7 Å². The van der Waals surface area contributed by atoms with E-state index in [1.807, 2.05) is 35.4 Å². The number of fused-ring (bicyclic) bond motifs is 1. The Balaban J connectivity index is 1.53. The number of rotatable bonds is 6. The zero-order chi connectivity index (χ0) is 24.4. The molecule has 182 valence electrons. The number of hydrogen-bond acceptors (Lipinski definition) is 10. The van der Waals surface area contributed by atoms with E-state index in [2.05, 4.69) is 15.2 Å². The molecule has 1 atom stereocenters. The Morgan fingerprint density at radius 2 is 2.11 bits per heavy atom. The van der Waals surface area contributed by atoms with Crippen molar-refractivity contribution in [3.8, 4) is 10.4 Å². The van der Waals surface area contributed by atoms with Gasteiger partial charge in [0, 0.05) is 36.3 Å². The minimum Gasteiger partial charge on any atom is -0.392 e. The lowest BCUT2D eigenvalue weighted by molar-refractivity contribution is 0.0924. The van der Waals surface area contributed by atoms with Gasteiger partial charge in [0.15, 0.2) is 5.82 Å². The summed E-state index contributed by atoms with van der Waals surface area (Å²) in [7, 11) is 0. The van der Waals surface area contributed by atoms with Gasteiger partial charge in [-0.3, -0.25) is 9.69 Å². The largest absolute Gasteiger partial charge is 0.392 e. The monoisotopic (exact) mass is 493 g/mol. The highest BCUT2D eigenvalue weighted by atomic mass is 32.1. The third-order valence-electron chi connectivity index (χ3n) is 5.71. The first-order valence-electron chi connectivity index (χ1n) is 11.4. The fourth-order valence-corrected chi connectivity index (χ4v) is 4.98. The molecule has 2 aliphatic rings. The van der Waals surface area contributed by atoms with Crippen molar-refractivity contribution in [1.29, 1.82) is 0 Å². The molecular weight excluding hydrogens is 466 g/mol. The molecule has 4 N–H and O–H groups in total. The van der Waals surface area contributed by atoms with Crippen LogP contribution in [0.3, 0.4) is 0 Å². The topological polar surface area (TPSA) is 129 Å². The number of aliphatic hydroxyl groups is 1. The standard InChI is InChI=1S/C24H27N7O3S/c1-15(32)13-26-23(33)17-4-2-3-16(11-17)19-12-18-21(35-19)22(30-7-9-34-10-8-30)29-24(28-18)31-6-5-20(25)27-14-31/h2-6,11-12,15,32H,7-10,13-14H2,1H3,(H2,25,27)(H,26,33)/t15-/m0/s1. The van der Waals surface area contributed by atoms with Crippen LogP contribution in [-0.2, 0) is 4.74 Å². The van der Waals surface area contributed by atoms with Crippen molar-refractivity contribution in [1.82, 2.24) is 15.3 Å². The van der Waals surface area contributed by atoms with E-state index in [0.717, 1.165) is 39.6 Å². The second-order valence-electron chi connectivity index (χ2n) is 8.42.